The molecule has 4 heteroatoms. The van der Waals surface area contributed by atoms with Crippen molar-refractivity contribution in [2.24, 2.45) is 0 Å². The first kappa shape index (κ1) is 16.2. The molecule has 0 amide bonds. The van der Waals surface area contributed by atoms with Crippen molar-refractivity contribution < 1.29 is 75.6 Å². The Morgan fingerprint density at radius 3 is 2.00 bits per heavy atom. The zero-order valence-electron chi connectivity index (χ0n) is 8.72. The molecular formula is C12H10O2Y2. The Morgan fingerprint density at radius 1 is 0.875 bits per heavy atom. The van der Waals surface area contributed by atoms with Crippen molar-refractivity contribution in [3.8, 4) is 11.5 Å². The van der Waals surface area contributed by atoms with E-state index in [9.17, 15) is 10.2 Å². The SMILES string of the molecule is C=Cc1ccc2c(O)ccc(O)c2c1.[Y].[Y]. The molecule has 2 nitrogen and oxygen atoms in total. The second-order valence-electron chi connectivity index (χ2n) is 3.11. The molecule has 2 radical (unpaired) electrons. The van der Waals surface area contributed by atoms with E-state index >= 15 is 0 Å². The van der Waals surface area contributed by atoms with Crippen molar-refractivity contribution in [2.45, 2.75) is 0 Å². The molecule has 0 heterocycles. The number of phenols is 2. The average Bonchev–Trinajstić information content (AvgIpc) is 2.23. The minimum absolute atomic E-state index is 0. The monoisotopic (exact) mass is 364 g/mol. The van der Waals surface area contributed by atoms with Gasteiger partial charge < -0.3 is 10.2 Å². The molecule has 2 N–H and O–H groups in total. The molecule has 0 spiro atoms. The number of phenolic OH excluding ortho intramolecular Hbond substituents is 2. The third-order valence-electron chi connectivity index (χ3n) is 2.23. The molecule has 16 heavy (non-hydrogen) atoms. The Labute approximate surface area is 145 Å². The van der Waals surface area contributed by atoms with Gasteiger partial charge in [-0.05, 0) is 29.8 Å². The van der Waals surface area contributed by atoms with Gasteiger partial charge in [0.25, 0.3) is 0 Å². The number of benzene rings is 2. The normalized spacial score (nSPS) is 9.00. The minimum Gasteiger partial charge on any atom is -0.507 e. The molecular weight excluding hydrogens is 354 g/mol. The molecule has 0 saturated heterocycles. The van der Waals surface area contributed by atoms with Crippen molar-refractivity contribution >= 4 is 16.8 Å². The number of rotatable bonds is 1. The van der Waals surface area contributed by atoms with Crippen LogP contribution < -0.4 is 0 Å². The largest absolute Gasteiger partial charge is 0.507 e. The molecule has 0 aliphatic heterocycles. The maximum Gasteiger partial charge on any atom is 0.123 e. The first-order valence-electron chi connectivity index (χ1n) is 4.29. The molecule has 0 aromatic heterocycles. The van der Waals surface area contributed by atoms with Crippen LogP contribution in [0.15, 0.2) is 36.9 Å². The molecule has 0 bridgehead atoms. The molecule has 0 unspecified atom stereocenters. The standard InChI is InChI=1S/C12H10O2.2Y/c1-2-8-3-4-9-10(7-8)12(14)6-5-11(9)13;;/h2-7,13-14H,1H2;;. The third kappa shape index (κ3) is 3.13. The summed E-state index contributed by atoms with van der Waals surface area (Å²) < 4.78 is 0. The van der Waals surface area contributed by atoms with Crippen molar-refractivity contribution in [3.05, 3.63) is 42.5 Å². The summed E-state index contributed by atoms with van der Waals surface area (Å²) in [5.74, 6) is 0.343. The van der Waals surface area contributed by atoms with Gasteiger partial charge >= 0.3 is 0 Å². The topological polar surface area (TPSA) is 40.5 Å². The second-order valence-corrected chi connectivity index (χ2v) is 3.11. The van der Waals surface area contributed by atoms with Gasteiger partial charge in [-0.1, -0.05) is 18.7 Å². The van der Waals surface area contributed by atoms with E-state index in [-0.39, 0.29) is 76.9 Å². The van der Waals surface area contributed by atoms with E-state index in [1.165, 1.54) is 12.1 Å². The predicted molar refractivity (Wildman–Crippen MR) is 57.4 cm³/mol. The van der Waals surface area contributed by atoms with Crippen molar-refractivity contribution in [3.63, 3.8) is 0 Å². The maximum absolute atomic E-state index is 9.57. The van der Waals surface area contributed by atoms with E-state index in [1.807, 2.05) is 6.07 Å². The summed E-state index contributed by atoms with van der Waals surface area (Å²) in [5, 5.41) is 20.4. The van der Waals surface area contributed by atoms with Crippen molar-refractivity contribution in [2.75, 3.05) is 0 Å². The summed E-state index contributed by atoms with van der Waals surface area (Å²) in [4.78, 5) is 0. The van der Waals surface area contributed by atoms with E-state index in [4.69, 9.17) is 0 Å². The van der Waals surface area contributed by atoms with Gasteiger partial charge in [-0.15, -0.1) is 0 Å². The zero-order valence-corrected chi connectivity index (χ0v) is 14.4. The average molecular weight is 364 g/mol. The van der Waals surface area contributed by atoms with Gasteiger partial charge in [0.1, 0.15) is 11.5 Å². The summed E-state index contributed by atoms with van der Waals surface area (Å²) in [6, 6.07) is 8.35. The van der Waals surface area contributed by atoms with E-state index in [2.05, 4.69) is 6.58 Å². The fourth-order valence-corrected chi connectivity index (χ4v) is 1.46. The van der Waals surface area contributed by atoms with Crippen LogP contribution in [0.3, 0.4) is 0 Å². The first-order chi connectivity index (χ1) is 6.72. The van der Waals surface area contributed by atoms with Crippen LogP contribution in [-0.4, -0.2) is 10.2 Å². The number of hydrogen-bond donors (Lipinski definition) is 2. The van der Waals surface area contributed by atoms with Crippen LogP contribution >= 0.6 is 0 Å². The summed E-state index contributed by atoms with van der Waals surface area (Å²) in [7, 11) is 0. The Balaban J connectivity index is 0.00000112. The zero-order chi connectivity index (χ0) is 10.1. The van der Waals surface area contributed by atoms with Gasteiger partial charge in [-0.25, -0.2) is 0 Å². The molecule has 0 aliphatic carbocycles. The van der Waals surface area contributed by atoms with Crippen LogP contribution in [-0.2, 0) is 65.4 Å². The fraction of sp³-hybridized carbons (Fsp3) is 0. The molecule has 76 valence electrons. The van der Waals surface area contributed by atoms with Gasteiger partial charge in [0.2, 0.25) is 0 Å². The van der Waals surface area contributed by atoms with Gasteiger partial charge in [-0.3, -0.25) is 0 Å². The Hall–Kier alpha value is 0.248. The second kappa shape index (κ2) is 6.86. The van der Waals surface area contributed by atoms with Gasteiger partial charge in [0.15, 0.2) is 0 Å². The van der Waals surface area contributed by atoms with Crippen LogP contribution in [0, 0.1) is 0 Å². The maximum atomic E-state index is 9.57. The summed E-state index contributed by atoms with van der Waals surface area (Å²) in [6.07, 6.45) is 1.70. The number of aromatic hydroxyl groups is 2. The third-order valence-corrected chi connectivity index (χ3v) is 2.23. The van der Waals surface area contributed by atoms with Gasteiger partial charge in [0.05, 0.1) is 0 Å². The van der Waals surface area contributed by atoms with Crippen LogP contribution in [0.1, 0.15) is 5.56 Å². The summed E-state index contributed by atoms with van der Waals surface area (Å²) in [5.41, 5.74) is 0.915. The van der Waals surface area contributed by atoms with Crippen LogP contribution in [0.5, 0.6) is 11.5 Å². The van der Waals surface area contributed by atoms with E-state index in [0.29, 0.717) is 10.8 Å². The minimum atomic E-state index is 0. The Kier molecular flexibility index (Phi) is 6.96. The van der Waals surface area contributed by atoms with E-state index < -0.39 is 0 Å². The molecule has 2 aromatic rings. The number of hydrogen-bond acceptors (Lipinski definition) is 2. The summed E-state index contributed by atoms with van der Waals surface area (Å²) >= 11 is 0. The fourth-order valence-electron chi connectivity index (χ4n) is 1.46. The smallest absolute Gasteiger partial charge is 0.123 e. The van der Waals surface area contributed by atoms with E-state index in [0.717, 1.165) is 5.56 Å². The Bertz CT molecular complexity index is 510. The molecule has 0 saturated carbocycles. The molecule has 2 rings (SSSR count). The van der Waals surface area contributed by atoms with Crippen LogP contribution in [0.25, 0.3) is 16.8 Å². The van der Waals surface area contributed by atoms with Crippen LogP contribution in [0.4, 0.5) is 0 Å². The predicted octanol–water partition coefficient (Wildman–Crippen LogP) is 2.89. The quantitative estimate of drug-likeness (QED) is 0.765. The van der Waals surface area contributed by atoms with Gasteiger partial charge in [-0.2, -0.15) is 0 Å². The van der Waals surface area contributed by atoms with E-state index in [1.54, 1.807) is 18.2 Å². The summed E-state index contributed by atoms with van der Waals surface area (Å²) in [6.45, 7) is 3.65. The van der Waals surface area contributed by atoms with Crippen LogP contribution in [0.2, 0.25) is 0 Å². The Morgan fingerprint density at radius 2 is 1.44 bits per heavy atom. The first-order valence-corrected chi connectivity index (χ1v) is 4.29. The molecule has 0 aliphatic rings. The molecule has 2 aromatic carbocycles. The van der Waals surface area contributed by atoms with Crippen molar-refractivity contribution in [1.82, 2.24) is 0 Å². The van der Waals surface area contributed by atoms with Crippen molar-refractivity contribution in [1.29, 1.82) is 0 Å². The molecule has 0 atom stereocenters. The number of fused-ring (bicyclic) bond motifs is 1. The van der Waals surface area contributed by atoms with Gasteiger partial charge in [0, 0.05) is 76.2 Å². The molecule has 0 fully saturated rings.